The topological polar surface area (TPSA) is 86.8 Å². The fourth-order valence-electron chi connectivity index (χ4n) is 5.24. The Kier molecular flexibility index (Phi) is 12.3. The molecule has 0 saturated carbocycles. The number of unbranched alkanes of at least 4 members (excludes halogenated alkanes) is 1. The minimum absolute atomic E-state index is 0.0421. The summed E-state index contributed by atoms with van der Waals surface area (Å²) >= 11 is 12.8. The summed E-state index contributed by atoms with van der Waals surface area (Å²) in [5.74, 6) is -0.893. The first-order valence-corrected chi connectivity index (χ1v) is 17.4. The lowest BCUT2D eigenvalue weighted by atomic mass is 10.0. The average molecular weight is 681 g/mol. The van der Waals surface area contributed by atoms with Gasteiger partial charge < -0.3 is 10.2 Å². The van der Waals surface area contributed by atoms with Crippen LogP contribution in [0, 0.1) is 13.8 Å². The maximum Gasteiger partial charge on any atom is 0.264 e. The second kappa shape index (κ2) is 16.1. The molecule has 46 heavy (non-hydrogen) atoms. The van der Waals surface area contributed by atoms with Crippen LogP contribution >= 0.6 is 23.2 Å². The Labute approximate surface area is 282 Å². The summed E-state index contributed by atoms with van der Waals surface area (Å²) in [6.07, 6.45) is 1.87. The molecule has 10 heteroatoms. The Morgan fingerprint density at radius 1 is 0.848 bits per heavy atom. The maximum atomic E-state index is 14.6. The van der Waals surface area contributed by atoms with Crippen molar-refractivity contribution in [1.29, 1.82) is 0 Å². The van der Waals surface area contributed by atoms with E-state index >= 15 is 0 Å². The molecule has 2 amide bonds. The molecule has 0 fully saturated rings. The molecule has 0 spiro atoms. The number of carbonyl (C=O) groups excluding carboxylic acids is 2. The van der Waals surface area contributed by atoms with Gasteiger partial charge in [0.25, 0.3) is 10.0 Å². The highest BCUT2D eigenvalue weighted by molar-refractivity contribution is 7.92. The van der Waals surface area contributed by atoms with Crippen LogP contribution in [0.2, 0.25) is 10.0 Å². The van der Waals surface area contributed by atoms with Crippen molar-refractivity contribution in [1.82, 2.24) is 10.2 Å². The standard InChI is InChI=1S/C36H39Cl2N3O4S/c1-4-5-18-39-36(43)34(22-28-12-8-6-9-13-28)40(24-29-16-17-30(37)23-33(29)38)35(42)25-41(31-20-26(2)19-27(3)21-31)46(44,45)32-14-10-7-11-15-32/h6-17,19-21,23,34H,4-5,18,22,24-25H2,1-3H3,(H,39,43)/t34-/m1/s1. The van der Waals surface area contributed by atoms with Gasteiger partial charge in [0.15, 0.2) is 0 Å². The van der Waals surface area contributed by atoms with Crippen molar-refractivity contribution in [2.75, 3.05) is 17.4 Å². The van der Waals surface area contributed by atoms with Crippen LogP contribution in [0.4, 0.5) is 5.69 Å². The summed E-state index contributed by atoms with van der Waals surface area (Å²) in [6.45, 7) is 5.63. The Hall–Kier alpha value is -3.85. The van der Waals surface area contributed by atoms with E-state index in [1.54, 1.807) is 48.5 Å². The third-order valence-corrected chi connectivity index (χ3v) is 9.94. The molecule has 1 N–H and O–H groups in total. The number of halogens is 2. The normalized spacial score (nSPS) is 11.9. The number of carbonyl (C=O) groups is 2. The maximum absolute atomic E-state index is 14.6. The van der Waals surface area contributed by atoms with Crippen LogP contribution < -0.4 is 9.62 Å². The van der Waals surface area contributed by atoms with E-state index in [2.05, 4.69) is 5.32 Å². The zero-order valence-electron chi connectivity index (χ0n) is 26.2. The minimum Gasteiger partial charge on any atom is -0.354 e. The smallest absolute Gasteiger partial charge is 0.264 e. The molecule has 4 aromatic rings. The number of hydrogen-bond acceptors (Lipinski definition) is 4. The van der Waals surface area contributed by atoms with Crippen molar-refractivity contribution in [3.8, 4) is 0 Å². The van der Waals surface area contributed by atoms with Gasteiger partial charge in [-0.1, -0.05) is 97.2 Å². The second-order valence-corrected chi connectivity index (χ2v) is 14.0. The van der Waals surface area contributed by atoms with Crippen molar-refractivity contribution in [2.24, 2.45) is 0 Å². The summed E-state index contributed by atoms with van der Waals surface area (Å²) in [7, 11) is -4.18. The number of amides is 2. The number of nitrogens with zero attached hydrogens (tertiary/aromatic N) is 2. The van der Waals surface area contributed by atoms with Gasteiger partial charge in [-0.15, -0.1) is 0 Å². The summed E-state index contributed by atoms with van der Waals surface area (Å²) in [6, 6.07) is 26.8. The third kappa shape index (κ3) is 9.12. The van der Waals surface area contributed by atoms with Crippen LogP contribution in [0.1, 0.15) is 42.0 Å². The number of aryl methyl sites for hydroxylation is 2. The largest absolute Gasteiger partial charge is 0.354 e. The molecule has 7 nitrogen and oxygen atoms in total. The van der Waals surface area contributed by atoms with Gasteiger partial charge in [0.05, 0.1) is 10.6 Å². The molecule has 4 rings (SSSR count). The fraction of sp³-hybridized carbons (Fsp3) is 0.278. The highest BCUT2D eigenvalue weighted by atomic mass is 35.5. The molecule has 0 bridgehead atoms. The molecule has 1 atom stereocenters. The van der Waals surface area contributed by atoms with Gasteiger partial charge >= 0.3 is 0 Å². The third-order valence-electron chi connectivity index (χ3n) is 7.56. The van der Waals surface area contributed by atoms with Crippen LogP contribution in [0.15, 0.2) is 102 Å². The molecule has 4 aromatic carbocycles. The van der Waals surface area contributed by atoms with Crippen LogP contribution in [-0.4, -0.2) is 44.3 Å². The molecule has 0 heterocycles. The van der Waals surface area contributed by atoms with Crippen molar-refractivity contribution in [3.05, 3.63) is 129 Å². The Bertz CT molecular complexity index is 1730. The van der Waals surface area contributed by atoms with E-state index in [0.29, 0.717) is 27.8 Å². The molecule has 0 saturated heterocycles. The predicted molar refractivity (Wildman–Crippen MR) is 186 cm³/mol. The van der Waals surface area contributed by atoms with Crippen molar-refractivity contribution in [3.63, 3.8) is 0 Å². The van der Waals surface area contributed by atoms with Gasteiger partial charge in [0.1, 0.15) is 12.6 Å². The Morgan fingerprint density at radius 2 is 1.48 bits per heavy atom. The quantitative estimate of drug-likeness (QED) is 0.141. The monoisotopic (exact) mass is 679 g/mol. The van der Waals surface area contributed by atoms with Crippen LogP contribution in [-0.2, 0) is 32.6 Å². The molecule has 0 unspecified atom stereocenters. The van der Waals surface area contributed by atoms with Crippen LogP contribution in [0.5, 0.6) is 0 Å². The van der Waals surface area contributed by atoms with E-state index in [4.69, 9.17) is 23.2 Å². The van der Waals surface area contributed by atoms with Gasteiger partial charge in [-0.05, 0) is 78.9 Å². The molecule has 0 aliphatic heterocycles. The lowest BCUT2D eigenvalue weighted by Crippen LogP contribution is -2.53. The van der Waals surface area contributed by atoms with E-state index in [1.807, 2.05) is 57.2 Å². The second-order valence-electron chi connectivity index (χ2n) is 11.3. The van der Waals surface area contributed by atoms with E-state index in [0.717, 1.165) is 33.8 Å². The highest BCUT2D eigenvalue weighted by Crippen LogP contribution is 2.28. The number of sulfonamides is 1. The van der Waals surface area contributed by atoms with Gasteiger partial charge in [-0.25, -0.2) is 8.42 Å². The molecule has 0 aromatic heterocycles. The molecule has 0 aliphatic carbocycles. The number of anilines is 1. The van der Waals surface area contributed by atoms with Crippen molar-refractivity contribution >= 4 is 50.7 Å². The Balaban J connectivity index is 1.82. The van der Waals surface area contributed by atoms with Crippen LogP contribution in [0.25, 0.3) is 0 Å². The van der Waals surface area contributed by atoms with Gasteiger partial charge in [-0.2, -0.15) is 0 Å². The zero-order chi connectivity index (χ0) is 33.3. The van der Waals surface area contributed by atoms with Gasteiger partial charge in [0.2, 0.25) is 11.8 Å². The van der Waals surface area contributed by atoms with Gasteiger partial charge in [0, 0.05) is 29.6 Å². The number of rotatable bonds is 14. The lowest BCUT2D eigenvalue weighted by molar-refractivity contribution is -0.140. The van der Waals surface area contributed by atoms with Crippen LogP contribution in [0.3, 0.4) is 0 Å². The van der Waals surface area contributed by atoms with E-state index in [1.165, 1.54) is 17.0 Å². The van der Waals surface area contributed by atoms with E-state index in [9.17, 15) is 18.0 Å². The predicted octanol–water partition coefficient (Wildman–Crippen LogP) is 7.36. The summed E-state index contributed by atoms with van der Waals surface area (Å²) in [4.78, 5) is 29.9. The van der Waals surface area contributed by atoms with E-state index in [-0.39, 0.29) is 23.8 Å². The first-order chi connectivity index (χ1) is 22.0. The highest BCUT2D eigenvalue weighted by Gasteiger charge is 2.35. The zero-order valence-corrected chi connectivity index (χ0v) is 28.6. The summed E-state index contributed by atoms with van der Waals surface area (Å²) in [5.41, 5.74) is 3.46. The molecular weight excluding hydrogens is 641 g/mol. The minimum atomic E-state index is -4.18. The number of nitrogens with one attached hydrogen (secondary N) is 1. The fourth-order valence-corrected chi connectivity index (χ4v) is 7.12. The summed E-state index contributed by atoms with van der Waals surface area (Å²) in [5, 5.41) is 3.75. The molecular formula is C36H39Cl2N3O4S. The Morgan fingerprint density at radius 3 is 2.09 bits per heavy atom. The molecule has 0 aliphatic rings. The SMILES string of the molecule is CCCCNC(=O)[C@@H](Cc1ccccc1)N(Cc1ccc(Cl)cc1Cl)C(=O)CN(c1cc(C)cc(C)c1)S(=O)(=O)c1ccccc1. The van der Waals surface area contributed by atoms with Crippen molar-refractivity contribution < 1.29 is 18.0 Å². The number of benzene rings is 4. The first kappa shape index (κ1) is 35.0. The van der Waals surface area contributed by atoms with Gasteiger partial charge in [-0.3, -0.25) is 13.9 Å². The molecule has 242 valence electrons. The van der Waals surface area contributed by atoms with E-state index < -0.39 is 28.5 Å². The number of hydrogen-bond donors (Lipinski definition) is 1. The average Bonchev–Trinajstić information content (AvgIpc) is 3.02. The first-order valence-electron chi connectivity index (χ1n) is 15.2. The molecule has 0 radical (unpaired) electrons. The van der Waals surface area contributed by atoms with Crippen molar-refractivity contribution in [2.45, 2.75) is 57.5 Å². The lowest BCUT2D eigenvalue weighted by Gasteiger charge is -2.34. The summed E-state index contributed by atoms with van der Waals surface area (Å²) < 4.78 is 29.5.